The van der Waals surface area contributed by atoms with Crippen molar-refractivity contribution in [2.75, 3.05) is 6.54 Å². The van der Waals surface area contributed by atoms with Crippen LogP contribution in [0.25, 0.3) is 11.1 Å². The van der Waals surface area contributed by atoms with Crippen molar-refractivity contribution >= 4 is 0 Å². The number of rotatable bonds is 4. The smallest absolute Gasteiger partial charge is 0.159 e. The Balaban J connectivity index is 2.29. The molecule has 106 valence electrons. The zero-order valence-electron chi connectivity index (χ0n) is 11.7. The van der Waals surface area contributed by atoms with E-state index in [1.54, 1.807) is 6.07 Å². The molecule has 3 heteroatoms. The third-order valence-corrected chi connectivity index (χ3v) is 3.65. The van der Waals surface area contributed by atoms with Gasteiger partial charge in [0, 0.05) is 0 Å². The fourth-order valence-corrected chi connectivity index (χ4v) is 2.39. The monoisotopic (exact) mass is 275 g/mol. The van der Waals surface area contributed by atoms with Crippen LogP contribution in [0.5, 0.6) is 0 Å². The Hall–Kier alpha value is -1.74. The molecule has 2 rings (SSSR count). The topological polar surface area (TPSA) is 26.0 Å². The van der Waals surface area contributed by atoms with Crippen molar-refractivity contribution in [3.63, 3.8) is 0 Å². The fraction of sp³-hybridized carbons (Fsp3) is 0.294. The van der Waals surface area contributed by atoms with Crippen molar-refractivity contribution in [3.05, 3.63) is 59.7 Å². The molecule has 0 aromatic heterocycles. The minimum Gasteiger partial charge on any atom is -0.330 e. The summed E-state index contributed by atoms with van der Waals surface area (Å²) in [5.41, 5.74) is 8.51. The molecule has 0 bridgehead atoms. The highest BCUT2D eigenvalue weighted by Crippen LogP contribution is 2.27. The molecule has 1 unspecified atom stereocenters. The standard InChI is InChI=1S/C17H19F2N/c1-11(2)15(10-20)13-5-3-12(4-6-13)14-7-8-16(18)17(19)9-14/h3-9,11,15H,10,20H2,1-2H3. The van der Waals surface area contributed by atoms with Crippen LogP contribution >= 0.6 is 0 Å². The molecular formula is C17H19F2N. The normalized spacial score (nSPS) is 12.7. The van der Waals surface area contributed by atoms with Crippen molar-refractivity contribution in [1.82, 2.24) is 0 Å². The lowest BCUT2D eigenvalue weighted by Crippen LogP contribution is -2.17. The predicted octanol–water partition coefficient (Wildman–Crippen LogP) is 4.33. The van der Waals surface area contributed by atoms with Gasteiger partial charge in [-0.05, 0) is 47.2 Å². The molecule has 2 aromatic rings. The Morgan fingerprint density at radius 2 is 1.50 bits per heavy atom. The SMILES string of the molecule is CC(C)C(CN)c1ccc(-c2ccc(F)c(F)c2)cc1. The van der Waals surface area contributed by atoms with Gasteiger partial charge in [0.25, 0.3) is 0 Å². The maximum Gasteiger partial charge on any atom is 0.159 e. The molecule has 20 heavy (non-hydrogen) atoms. The Morgan fingerprint density at radius 3 is 2.00 bits per heavy atom. The molecule has 0 aliphatic carbocycles. The van der Waals surface area contributed by atoms with Gasteiger partial charge in [-0.3, -0.25) is 0 Å². The molecule has 0 heterocycles. The van der Waals surface area contributed by atoms with Crippen LogP contribution in [-0.2, 0) is 0 Å². The van der Waals surface area contributed by atoms with E-state index in [2.05, 4.69) is 13.8 Å². The highest BCUT2D eigenvalue weighted by atomic mass is 19.2. The highest BCUT2D eigenvalue weighted by molar-refractivity contribution is 5.63. The fourth-order valence-electron chi connectivity index (χ4n) is 2.39. The summed E-state index contributed by atoms with van der Waals surface area (Å²) >= 11 is 0. The highest BCUT2D eigenvalue weighted by Gasteiger charge is 2.14. The van der Waals surface area contributed by atoms with Gasteiger partial charge in [0.2, 0.25) is 0 Å². The Morgan fingerprint density at radius 1 is 0.900 bits per heavy atom. The van der Waals surface area contributed by atoms with Gasteiger partial charge < -0.3 is 5.73 Å². The van der Waals surface area contributed by atoms with Gasteiger partial charge in [-0.15, -0.1) is 0 Å². The zero-order chi connectivity index (χ0) is 14.7. The van der Waals surface area contributed by atoms with E-state index in [1.165, 1.54) is 11.6 Å². The van der Waals surface area contributed by atoms with Crippen molar-refractivity contribution in [1.29, 1.82) is 0 Å². The molecule has 2 aromatic carbocycles. The van der Waals surface area contributed by atoms with E-state index in [0.29, 0.717) is 23.9 Å². The first-order chi connectivity index (χ1) is 9.52. The second-order valence-electron chi connectivity index (χ2n) is 5.34. The largest absolute Gasteiger partial charge is 0.330 e. The maximum absolute atomic E-state index is 13.2. The predicted molar refractivity (Wildman–Crippen MR) is 78.4 cm³/mol. The summed E-state index contributed by atoms with van der Waals surface area (Å²) in [5.74, 6) is -0.870. The molecule has 0 saturated carbocycles. The second kappa shape index (κ2) is 6.14. The molecule has 2 N–H and O–H groups in total. The summed E-state index contributed by atoms with van der Waals surface area (Å²) in [6, 6.07) is 11.8. The van der Waals surface area contributed by atoms with Crippen molar-refractivity contribution in [3.8, 4) is 11.1 Å². The van der Waals surface area contributed by atoms with Crippen LogP contribution < -0.4 is 5.73 Å². The van der Waals surface area contributed by atoms with Gasteiger partial charge in [-0.2, -0.15) is 0 Å². The zero-order valence-corrected chi connectivity index (χ0v) is 11.7. The van der Waals surface area contributed by atoms with Crippen LogP contribution in [0.2, 0.25) is 0 Å². The van der Waals surface area contributed by atoms with Crippen LogP contribution in [0.15, 0.2) is 42.5 Å². The summed E-state index contributed by atoms with van der Waals surface area (Å²) in [4.78, 5) is 0. The van der Waals surface area contributed by atoms with Crippen molar-refractivity contribution in [2.45, 2.75) is 19.8 Å². The van der Waals surface area contributed by atoms with Gasteiger partial charge >= 0.3 is 0 Å². The van der Waals surface area contributed by atoms with Gasteiger partial charge in [0.15, 0.2) is 11.6 Å². The van der Waals surface area contributed by atoms with E-state index in [9.17, 15) is 8.78 Å². The maximum atomic E-state index is 13.2. The number of benzene rings is 2. The molecule has 0 fully saturated rings. The van der Waals surface area contributed by atoms with Crippen molar-refractivity contribution < 1.29 is 8.78 Å². The Labute approximate surface area is 118 Å². The lowest BCUT2D eigenvalue weighted by Gasteiger charge is -2.19. The Bertz CT molecular complexity index is 576. The number of halogens is 2. The molecule has 0 saturated heterocycles. The van der Waals surface area contributed by atoms with Gasteiger partial charge in [0.1, 0.15) is 0 Å². The van der Waals surface area contributed by atoms with Crippen LogP contribution in [0.1, 0.15) is 25.3 Å². The average molecular weight is 275 g/mol. The lowest BCUT2D eigenvalue weighted by atomic mass is 9.88. The molecular weight excluding hydrogens is 256 g/mol. The third-order valence-electron chi connectivity index (χ3n) is 3.65. The molecule has 0 aliphatic rings. The van der Waals surface area contributed by atoms with Gasteiger partial charge in [0.05, 0.1) is 0 Å². The van der Waals surface area contributed by atoms with E-state index in [1.807, 2.05) is 24.3 Å². The summed E-state index contributed by atoms with van der Waals surface area (Å²) in [6.45, 7) is 4.88. The van der Waals surface area contributed by atoms with E-state index in [4.69, 9.17) is 5.73 Å². The van der Waals surface area contributed by atoms with Crippen LogP contribution in [0.3, 0.4) is 0 Å². The molecule has 0 radical (unpaired) electrons. The Kier molecular flexibility index (Phi) is 4.50. The summed E-state index contributed by atoms with van der Waals surface area (Å²) in [6.07, 6.45) is 0. The van der Waals surface area contributed by atoms with E-state index in [-0.39, 0.29) is 0 Å². The summed E-state index contributed by atoms with van der Waals surface area (Å²) in [7, 11) is 0. The van der Waals surface area contributed by atoms with Crippen LogP contribution in [-0.4, -0.2) is 6.54 Å². The van der Waals surface area contributed by atoms with Gasteiger partial charge in [-0.1, -0.05) is 44.2 Å². The molecule has 1 atom stereocenters. The minimum absolute atomic E-state index is 0.314. The number of hydrogen-bond donors (Lipinski definition) is 1. The quantitative estimate of drug-likeness (QED) is 0.883. The number of hydrogen-bond acceptors (Lipinski definition) is 1. The van der Waals surface area contributed by atoms with Crippen LogP contribution in [0.4, 0.5) is 8.78 Å². The molecule has 0 aliphatic heterocycles. The number of nitrogens with two attached hydrogens (primary N) is 1. The second-order valence-corrected chi connectivity index (χ2v) is 5.34. The first-order valence-electron chi connectivity index (χ1n) is 6.78. The van der Waals surface area contributed by atoms with E-state index < -0.39 is 11.6 Å². The first-order valence-corrected chi connectivity index (χ1v) is 6.78. The average Bonchev–Trinajstić information content (AvgIpc) is 2.43. The summed E-state index contributed by atoms with van der Waals surface area (Å²) in [5, 5.41) is 0. The summed E-state index contributed by atoms with van der Waals surface area (Å²) < 4.78 is 26.2. The molecule has 0 amide bonds. The van der Waals surface area contributed by atoms with E-state index in [0.717, 1.165) is 11.6 Å². The molecule has 1 nitrogen and oxygen atoms in total. The third kappa shape index (κ3) is 3.05. The lowest BCUT2D eigenvalue weighted by molar-refractivity contribution is 0.506. The van der Waals surface area contributed by atoms with E-state index >= 15 is 0 Å². The van der Waals surface area contributed by atoms with Gasteiger partial charge in [-0.25, -0.2) is 8.78 Å². The molecule has 0 spiro atoms. The minimum atomic E-state index is -0.826. The van der Waals surface area contributed by atoms with Crippen LogP contribution in [0, 0.1) is 17.6 Å². The first kappa shape index (κ1) is 14.7. The van der Waals surface area contributed by atoms with Crippen molar-refractivity contribution in [2.24, 2.45) is 11.7 Å².